The molecule has 0 radical (unpaired) electrons. The predicted molar refractivity (Wildman–Crippen MR) is 248 cm³/mol. The number of fused-ring (bicyclic) bond motifs is 2. The highest BCUT2D eigenvalue weighted by molar-refractivity contribution is 6.03. The number of carbonyl (C=O) groups excluding carboxylic acids is 2. The summed E-state index contributed by atoms with van der Waals surface area (Å²) in [5.41, 5.74) is 2.40. The first-order valence-corrected chi connectivity index (χ1v) is 23.7. The van der Waals surface area contributed by atoms with E-state index in [1.54, 1.807) is 37.5 Å². The highest BCUT2D eigenvalue weighted by Gasteiger charge is 2.65. The number of nitrogens with zero attached hydrogens (tertiary/aromatic N) is 2. The van der Waals surface area contributed by atoms with Crippen LogP contribution in [0.3, 0.4) is 0 Å². The van der Waals surface area contributed by atoms with Gasteiger partial charge >= 0.3 is 6.09 Å². The number of anilines is 1. The van der Waals surface area contributed by atoms with Gasteiger partial charge in [-0.3, -0.25) is 10.1 Å². The summed E-state index contributed by atoms with van der Waals surface area (Å²) in [5.74, 6) is 0.515. The van der Waals surface area contributed by atoms with E-state index in [2.05, 4.69) is 24.9 Å². The van der Waals surface area contributed by atoms with Crippen LogP contribution in [0.5, 0.6) is 23.0 Å². The van der Waals surface area contributed by atoms with Crippen molar-refractivity contribution in [3.63, 3.8) is 0 Å². The van der Waals surface area contributed by atoms with Crippen molar-refractivity contribution in [2.45, 2.75) is 141 Å². The smallest absolute Gasteiger partial charge is 0.417 e. The molecule has 0 saturated heterocycles. The van der Waals surface area contributed by atoms with Crippen molar-refractivity contribution in [3.8, 4) is 23.0 Å². The monoisotopic (exact) mass is 888 g/mol. The van der Waals surface area contributed by atoms with Crippen LogP contribution in [0, 0.1) is 23.7 Å². The maximum Gasteiger partial charge on any atom is 0.417 e. The standard InChI is InChI=1S/C51H73N3O10/c1-8-26-54(46(57)25-20-34-16-10-11-17-34)45-33-42(53-64-50(3,4)5)39-30-35(18-12-14-27-55)38(19-13-15-28-56)47-40-31-37(22-24-43(40)63-51(45,48(39)47)61-29-9-2)62-49(58)52-41-23-21-36(59-6)32-44(41)60-7/h9,21-24,30-32,34-35,38,45,47-48,55-56H,2,8,10-20,25-29,33H2,1,3-7H3,(H,52,58)/t35-,38+,45-,47+,48+,51+/m0/s1. The molecule has 0 aromatic heterocycles. The van der Waals surface area contributed by atoms with Crippen LogP contribution in [0.25, 0.3) is 0 Å². The number of unbranched alkanes of at least 4 members (excludes halogenated alkanes) is 2. The fraction of sp³-hybridized carbons (Fsp3) is 0.627. The fourth-order valence-corrected chi connectivity index (χ4v) is 10.5. The van der Waals surface area contributed by atoms with Crippen LogP contribution in [0.1, 0.15) is 129 Å². The van der Waals surface area contributed by atoms with E-state index in [1.165, 1.54) is 20.0 Å². The van der Waals surface area contributed by atoms with Crippen LogP contribution in [0.2, 0.25) is 0 Å². The van der Waals surface area contributed by atoms with Gasteiger partial charge in [0.05, 0.1) is 38.1 Å². The van der Waals surface area contributed by atoms with Gasteiger partial charge in [-0.2, -0.15) is 0 Å². The molecule has 2 aromatic rings. The molecule has 3 aliphatic carbocycles. The molecule has 0 spiro atoms. The first kappa shape index (κ1) is 48.9. The summed E-state index contributed by atoms with van der Waals surface area (Å²) in [5, 5.41) is 27.7. The number of amides is 2. The minimum atomic E-state index is -1.35. The first-order valence-electron chi connectivity index (χ1n) is 23.7. The molecule has 3 N–H and O–H groups in total. The molecule has 2 amide bonds. The Balaban J connectivity index is 1.52. The largest absolute Gasteiger partial charge is 0.497 e. The SMILES string of the molecule is C=CCO[C@@]12Oc3ccc(OC(=O)Nc4ccc(OC)cc4OC)cc3[C@H]3[C@H](CCCCO)[C@@H](CCCCO)C=C(C(=NOC(C)(C)C)C[C@@H]1N(CCC)C(=O)CCC1CCCC1)[C@H]32. The molecule has 0 bridgehead atoms. The molecule has 13 heteroatoms. The molecule has 13 nitrogen and oxygen atoms in total. The lowest BCUT2D eigenvalue weighted by Gasteiger charge is -2.60. The van der Waals surface area contributed by atoms with Gasteiger partial charge in [-0.1, -0.05) is 62.8 Å². The highest BCUT2D eigenvalue weighted by atomic mass is 16.7. The Hall–Kier alpha value is -4.59. The number of hydrogen-bond acceptors (Lipinski definition) is 11. The summed E-state index contributed by atoms with van der Waals surface area (Å²) in [6, 6.07) is 9.99. The van der Waals surface area contributed by atoms with Crippen LogP contribution >= 0.6 is 0 Å². The number of aliphatic hydroxyl groups excluding tert-OH is 2. The summed E-state index contributed by atoms with van der Waals surface area (Å²) >= 11 is 0. The van der Waals surface area contributed by atoms with E-state index in [4.69, 9.17) is 33.7 Å². The average Bonchev–Trinajstić information content (AvgIpc) is 3.81. The van der Waals surface area contributed by atoms with Crippen molar-refractivity contribution in [1.29, 1.82) is 0 Å². The number of carbonyl (C=O) groups is 2. The topological polar surface area (TPSA) is 158 Å². The third-order valence-corrected chi connectivity index (χ3v) is 13.3. The zero-order chi connectivity index (χ0) is 45.9. The van der Waals surface area contributed by atoms with Crippen molar-refractivity contribution < 1.29 is 48.3 Å². The van der Waals surface area contributed by atoms with E-state index in [9.17, 15) is 19.8 Å². The van der Waals surface area contributed by atoms with Gasteiger partial charge in [0.2, 0.25) is 11.7 Å². The van der Waals surface area contributed by atoms with Crippen LogP contribution in [-0.2, 0) is 14.4 Å². The van der Waals surface area contributed by atoms with Gasteiger partial charge in [-0.15, -0.1) is 6.58 Å². The molecule has 2 saturated carbocycles. The van der Waals surface area contributed by atoms with Crippen molar-refractivity contribution >= 4 is 23.4 Å². The Morgan fingerprint density at radius 2 is 1.72 bits per heavy atom. The van der Waals surface area contributed by atoms with Gasteiger partial charge in [0, 0.05) is 50.1 Å². The summed E-state index contributed by atoms with van der Waals surface area (Å²) in [6.45, 7) is 12.9. The van der Waals surface area contributed by atoms with E-state index in [1.807, 2.05) is 37.8 Å². The molecule has 352 valence electrons. The Kier molecular flexibility index (Phi) is 17.2. The van der Waals surface area contributed by atoms with E-state index < -0.39 is 29.4 Å². The van der Waals surface area contributed by atoms with E-state index in [0.717, 1.165) is 68.2 Å². The van der Waals surface area contributed by atoms with Crippen LogP contribution in [-0.4, -0.2) is 90.8 Å². The second-order valence-electron chi connectivity index (χ2n) is 18.8. The predicted octanol–water partition coefficient (Wildman–Crippen LogP) is 9.96. The minimum absolute atomic E-state index is 0.0159. The number of hydrogen-bond donors (Lipinski definition) is 3. The second-order valence-corrected chi connectivity index (χ2v) is 18.8. The average molecular weight is 888 g/mol. The zero-order valence-corrected chi connectivity index (χ0v) is 39.1. The zero-order valence-electron chi connectivity index (χ0n) is 39.1. The molecule has 1 heterocycles. The fourth-order valence-electron chi connectivity index (χ4n) is 10.5. The number of nitrogens with one attached hydrogen (secondary N) is 1. The molecule has 2 fully saturated rings. The Morgan fingerprint density at radius 3 is 2.39 bits per heavy atom. The molecule has 2 aromatic carbocycles. The maximum absolute atomic E-state index is 14.8. The normalized spacial score (nSPS) is 24.5. The summed E-state index contributed by atoms with van der Waals surface area (Å²) < 4.78 is 31.4. The van der Waals surface area contributed by atoms with Crippen molar-refractivity contribution in [3.05, 3.63) is 66.3 Å². The second kappa shape index (κ2) is 22.5. The Bertz CT molecular complexity index is 1950. The summed E-state index contributed by atoms with van der Waals surface area (Å²) in [4.78, 5) is 36.7. The summed E-state index contributed by atoms with van der Waals surface area (Å²) in [6.07, 6.45) is 15.0. The number of oxime groups is 1. The first-order chi connectivity index (χ1) is 30.9. The van der Waals surface area contributed by atoms with Crippen molar-refractivity contribution in [2.75, 3.05) is 45.9 Å². The van der Waals surface area contributed by atoms with E-state index >= 15 is 0 Å². The summed E-state index contributed by atoms with van der Waals surface area (Å²) in [7, 11) is 3.08. The molecule has 6 rings (SSSR count). The van der Waals surface area contributed by atoms with Gasteiger partial charge in [0.1, 0.15) is 34.6 Å². The number of allylic oxidation sites excluding steroid dienone is 1. The maximum atomic E-state index is 14.8. The van der Waals surface area contributed by atoms with Gasteiger partial charge < -0.3 is 43.6 Å². The lowest BCUT2D eigenvalue weighted by Crippen LogP contribution is -2.70. The molecular weight excluding hydrogens is 815 g/mol. The number of aliphatic hydroxyl groups is 2. The molecular formula is C51H73N3O10. The minimum Gasteiger partial charge on any atom is -0.497 e. The highest BCUT2D eigenvalue weighted by Crippen LogP contribution is 2.62. The molecule has 6 atom stereocenters. The number of methoxy groups -OCH3 is 2. The quantitative estimate of drug-likeness (QED) is 0.0591. The van der Waals surface area contributed by atoms with Crippen LogP contribution < -0.4 is 24.3 Å². The number of benzene rings is 2. The lowest BCUT2D eigenvalue weighted by atomic mass is 9.55. The molecule has 0 unspecified atom stereocenters. The Labute approximate surface area is 380 Å². The number of rotatable bonds is 22. The molecule has 64 heavy (non-hydrogen) atoms. The van der Waals surface area contributed by atoms with Crippen LogP contribution in [0.4, 0.5) is 10.5 Å². The van der Waals surface area contributed by atoms with Gasteiger partial charge in [-0.05, 0) is 113 Å². The van der Waals surface area contributed by atoms with Crippen LogP contribution in [0.15, 0.2) is 65.9 Å². The van der Waals surface area contributed by atoms with Crippen molar-refractivity contribution in [2.24, 2.45) is 28.8 Å². The molecule has 1 aliphatic heterocycles. The van der Waals surface area contributed by atoms with Crippen molar-refractivity contribution in [1.82, 2.24) is 4.90 Å². The Morgan fingerprint density at radius 1 is 0.984 bits per heavy atom. The van der Waals surface area contributed by atoms with Gasteiger partial charge in [0.15, 0.2) is 0 Å². The third kappa shape index (κ3) is 11.4. The van der Waals surface area contributed by atoms with Gasteiger partial charge in [-0.25, -0.2) is 4.79 Å². The van der Waals surface area contributed by atoms with Gasteiger partial charge in [0.25, 0.3) is 0 Å². The lowest BCUT2D eigenvalue weighted by molar-refractivity contribution is -0.257. The van der Waals surface area contributed by atoms with E-state index in [-0.39, 0.29) is 43.5 Å². The van der Waals surface area contributed by atoms with E-state index in [0.29, 0.717) is 66.8 Å². The molecule has 4 aliphatic rings. The number of ether oxygens (including phenoxy) is 5. The third-order valence-electron chi connectivity index (χ3n) is 13.3.